The molecule has 0 aliphatic rings. The monoisotopic (exact) mass is 441 g/mol. The quantitative estimate of drug-likeness (QED) is 0.243. The lowest BCUT2D eigenvalue weighted by Gasteiger charge is -2.32. The molecule has 3 atom stereocenters. The predicted molar refractivity (Wildman–Crippen MR) is 125 cm³/mol. The summed E-state index contributed by atoms with van der Waals surface area (Å²) in [6.07, 6.45) is 9.72. The van der Waals surface area contributed by atoms with Crippen LogP contribution in [0.15, 0.2) is 0 Å². The first-order valence-electron chi connectivity index (χ1n) is 12.6. The highest BCUT2D eigenvalue weighted by molar-refractivity contribution is 6.44. The summed E-state index contributed by atoms with van der Waals surface area (Å²) >= 11 is 0. The van der Waals surface area contributed by atoms with Crippen LogP contribution >= 0.6 is 0 Å². The van der Waals surface area contributed by atoms with Gasteiger partial charge in [-0.2, -0.15) is 0 Å². The van der Waals surface area contributed by atoms with Crippen LogP contribution in [0.25, 0.3) is 0 Å². The minimum Gasteiger partial charge on any atom is -0.625 e. The first-order chi connectivity index (χ1) is 14.9. The SMILES string of the molecule is CCCCC(CC)C(=O)O[BH-](OC(=O)C(CC)CCCC)OC(=O)C(CC)CCCC. The van der Waals surface area contributed by atoms with Crippen LogP contribution in [0.1, 0.15) is 119 Å². The van der Waals surface area contributed by atoms with Crippen LogP contribution in [0.4, 0.5) is 0 Å². The van der Waals surface area contributed by atoms with Crippen molar-refractivity contribution in [2.45, 2.75) is 119 Å². The molecule has 0 saturated heterocycles. The Hall–Kier alpha value is -1.53. The van der Waals surface area contributed by atoms with E-state index in [2.05, 4.69) is 20.8 Å². The highest BCUT2D eigenvalue weighted by Gasteiger charge is 2.28. The third kappa shape index (κ3) is 12.2. The van der Waals surface area contributed by atoms with E-state index in [4.69, 9.17) is 14.0 Å². The molecular formula is C24H46BO6-. The number of carbonyl (C=O) groups excluding carboxylic acids is 3. The third-order valence-electron chi connectivity index (χ3n) is 5.98. The predicted octanol–water partition coefficient (Wildman–Crippen LogP) is 5.98. The molecule has 0 spiro atoms. The van der Waals surface area contributed by atoms with Gasteiger partial charge < -0.3 is 14.0 Å². The van der Waals surface area contributed by atoms with Crippen molar-refractivity contribution in [3.63, 3.8) is 0 Å². The Kier molecular flexibility index (Phi) is 17.2. The lowest BCUT2D eigenvalue weighted by molar-refractivity contribution is -0.153. The van der Waals surface area contributed by atoms with Gasteiger partial charge in [0, 0.05) is 0 Å². The second-order valence-electron chi connectivity index (χ2n) is 8.49. The minimum absolute atomic E-state index is 0.281. The fourth-order valence-corrected chi connectivity index (χ4v) is 3.61. The average molecular weight is 441 g/mol. The molecule has 0 heterocycles. The fraction of sp³-hybridized carbons (Fsp3) is 0.875. The first-order valence-corrected chi connectivity index (χ1v) is 12.6. The van der Waals surface area contributed by atoms with Crippen molar-refractivity contribution < 1.29 is 28.3 Å². The number of carbonyl (C=O) groups is 3. The molecule has 0 radical (unpaired) electrons. The number of unbranched alkanes of at least 4 members (excludes halogenated alkanes) is 3. The zero-order valence-electron chi connectivity index (χ0n) is 20.9. The fourth-order valence-electron chi connectivity index (χ4n) is 3.61. The summed E-state index contributed by atoms with van der Waals surface area (Å²) in [7, 11) is -2.61. The Labute approximate surface area is 190 Å². The van der Waals surface area contributed by atoms with E-state index in [-0.39, 0.29) is 17.8 Å². The summed E-state index contributed by atoms with van der Waals surface area (Å²) in [6, 6.07) is 0. The summed E-state index contributed by atoms with van der Waals surface area (Å²) < 4.78 is 16.5. The van der Waals surface area contributed by atoms with Crippen LogP contribution in [0, 0.1) is 17.8 Å². The number of hydrogen-bond donors (Lipinski definition) is 0. The Morgan fingerprint density at radius 1 is 0.548 bits per heavy atom. The second kappa shape index (κ2) is 18.1. The first kappa shape index (κ1) is 29.5. The van der Waals surface area contributed by atoms with Gasteiger partial charge in [-0.25, -0.2) is 0 Å². The maximum Gasteiger partial charge on any atom is 0.541 e. The van der Waals surface area contributed by atoms with Gasteiger partial charge in [0.15, 0.2) is 0 Å². The van der Waals surface area contributed by atoms with Crippen LogP contribution in [-0.4, -0.2) is 25.2 Å². The van der Waals surface area contributed by atoms with E-state index in [0.29, 0.717) is 38.5 Å². The Morgan fingerprint density at radius 2 is 0.806 bits per heavy atom. The summed E-state index contributed by atoms with van der Waals surface area (Å²) in [6.45, 7) is 12.0. The smallest absolute Gasteiger partial charge is 0.541 e. The molecule has 0 bridgehead atoms. The molecule has 6 nitrogen and oxygen atoms in total. The largest absolute Gasteiger partial charge is 0.625 e. The summed E-state index contributed by atoms with van der Waals surface area (Å²) in [5.74, 6) is -2.18. The van der Waals surface area contributed by atoms with E-state index in [1.165, 1.54) is 0 Å². The summed E-state index contributed by atoms with van der Waals surface area (Å²) in [5, 5.41) is 0. The molecule has 0 aliphatic heterocycles. The van der Waals surface area contributed by atoms with Crippen molar-refractivity contribution in [3.8, 4) is 0 Å². The molecule has 0 rings (SSSR count). The van der Waals surface area contributed by atoms with Gasteiger partial charge >= 0.3 is 7.32 Å². The lowest BCUT2D eigenvalue weighted by Crippen LogP contribution is -2.39. The second-order valence-corrected chi connectivity index (χ2v) is 8.49. The van der Waals surface area contributed by atoms with Crippen molar-refractivity contribution in [2.75, 3.05) is 0 Å². The molecule has 0 aromatic heterocycles. The Balaban J connectivity index is 5.32. The van der Waals surface area contributed by atoms with Gasteiger partial charge in [0.25, 0.3) is 17.9 Å². The van der Waals surface area contributed by atoms with Crippen LogP contribution in [0.3, 0.4) is 0 Å². The molecule has 0 fully saturated rings. The molecule has 0 N–H and O–H groups in total. The van der Waals surface area contributed by atoms with E-state index in [1.807, 2.05) is 20.8 Å². The van der Waals surface area contributed by atoms with Crippen LogP contribution in [0.5, 0.6) is 0 Å². The van der Waals surface area contributed by atoms with E-state index in [9.17, 15) is 14.4 Å². The molecule has 3 unspecified atom stereocenters. The van der Waals surface area contributed by atoms with Gasteiger partial charge in [-0.15, -0.1) is 0 Å². The van der Waals surface area contributed by atoms with Crippen molar-refractivity contribution in [3.05, 3.63) is 0 Å². The van der Waals surface area contributed by atoms with E-state index in [1.54, 1.807) is 0 Å². The van der Waals surface area contributed by atoms with E-state index in [0.717, 1.165) is 38.5 Å². The standard InChI is InChI=1S/C24H46BO6/c1-7-13-16-19(10-4)22(26)29-25(30-23(27)20(11-5)17-14-8-2)31-24(28)21(12-6)18-15-9-3/h19-21,25H,7-18H2,1-6H3/q-1. The summed E-state index contributed by atoms with van der Waals surface area (Å²) in [5.41, 5.74) is 0. The number of rotatable bonds is 18. The van der Waals surface area contributed by atoms with Crippen molar-refractivity contribution in [2.24, 2.45) is 17.8 Å². The average Bonchev–Trinajstić information content (AvgIpc) is 2.75. The van der Waals surface area contributed by atoms with Gasteiger partial charge in [-0.3, -0.25) is 14.4 Å². The Bertz CT molecular complexity index is 439. The highest BCUT2D eigenvalue weighted by atomic mass is 16.8. The van der Waals surface area contributed by atoms with Crippen molar-refractivity contribution in [1.82, 2.24) is 0 Å². The van der Waals surface area contributed by atoms with Gasteiger partial charge in [-0.05, 0) is 38.5 Å². The van der Waals surface area contributed by atoms with Crippen molar-refractivity contribution >= 4 is 25.2 Å². The Morgan fingerprint density at radius 3 is 1.00 bits per heavy atom. The zero-order valence-corrected chi connectivity index (χ0v) is 20.9. The zero-order chi connectivity index (χ0) is 23.6. The third-order valence-corrected chi connectivity index (χ3v) is 5.98. The topological polar surface area (TPSA) is 78.9 Å². The minimum atomic E-state index is -2.61. The molecule has 0 aliphatic carbocycles. The van der Waals surface area contributed by atoms with E-state index >= 15 is 0 Å². The van der Waals surface area contributed by atoms with Crippen LogP contribution in [-0.2, 0) is 28.3 Å². The maximum absolute atomic E-state index is 12.7. The normalized spacial score (nSPS) is 14.9. The number of hydrogen-bond acceptors (Lipinski definition) is 6. The highest BCUT2D eigenvalue weighted by Crippen LogP contribution is 2.20. The molecule has 0 aromatic carbocycles. The molecule has 0 saturated carbocycles. The van der Waals surface area contributed by atoms with Gasteiger partial charge in [0.1, 0.15) is 0 Å². The maximum atomic E-state index is 12.7. The summed E-state index contributed by atoms with van der Waals surface area (Å²) in [4.78, 5) is 38.1. The molecular weight excluding hydrogens is 395 g/mol. The van der Waals surface area contributed by atoms with Crippen molar-refractivity contribution in [1.29, 1.82) is 0 Å². The lowest BCUT2D eigenvalue weighted by atomic mass is 9.97. The molecule has 182 valence electrons. The van der Waals surface area contributed by atoms with Crippen LogP contribution < -0.4 is 0 Å². The van der Waals surface area contributed by atoms with E-state index < -0.39 is 25.2 Å². The molecule has 0 amide bonds. The van der Waals surface area contributed by atoms with Crippen LogP contribution in [0.2, 0.25) is 0 Å². The van der Waals surface area contributed by atoms with Gasteiger partial charge in [0.2, 0.25) is 0 Å². The molecule has 0 aromatic rings. The molecule has 31 heavy (non-hydrogen) atoms. The molecule has 7 heteroatoms. The van der Waals surface area contributed by atoms with Gasteiger partial charge in [0.05, 0.1) is 17.8 Å². The van der Waals surface area contributed by atoms with Gasteiger partial charge in [-0.1, -0.05) is 80.1 Å².